The van der Waals surface area contributed by atoms with E-state index in [1.54, 1.807) is 4.90 Å². The Morgan fingerprint density at radius 2 is 1.93 bits per heavy atom. The minimum atomic E-state index is -0.482. The maximum absolute atomic E-state index is 12.2. The van der Waals surface area contributed by atoms with Gasteiger partial charge in [-0.15, -0.1) is 0 Å². The highest BCUT2D eigenvalue weighted by Gasteiger charge is 2.21. The predicted molar refractivity (Wildman–Crippen MR) is 109 cm³/mol. The van der Waals surface area contributed by atoms with Crippen LogP contribution in [0.25, 0.3) is 0 Å². The molecule has 1 heterocycles. The number of amides is 1. The van der Waals surface area contributed by atoms with Crippen molar-refractivity contribution in [1.29, 1.82) is 0 Å². The Morgan fingerprint density at radius 3 is 2.48 bits per heavy atom. The van der Waals surface area contributed by atoms with Gasteiger partial charge in [-0.05, 0) is 41.5 Å². The lowest BCUT2D eigenvalue weighted by atomic mass is 10.2. The highest BCUT2D eigenvalue weighted by molar-refractivity contribution is 5.79. The molecule has 8 heteroatoms. The normalized spacial score (nSPS) is 17.3. The number of nitrogens with one attached hydrogen (secondary N) is 2. The summed E-state index contributed by atoms with van der Waals surface area (Å²) in [6.45, 7) is 18.6. The van der Waals surface area contributed by atoms with Gasteiger partial charge in [-0.1, -0.05) is 0 Å². The van der Waals surface area contributed by atoms with Crippen molar-refractivity contribution in [2.24, 2.45) is 4.99 Å². The van der Waals surface area contributed by atoms with Gasteiger partial charge in [0.25, 0.3) is 0 Å². The molecular weight excluding hydrogens is 346 g/mol. The molecule has 158 valence electrons. The lowest BCUT2D eigenvalue weighted by Gasteiger charge is -2.31. The molecule has 0 spiro atoms. The van der Waals surface area contributed by atoms with E-state index in [2.05, 4.69) is 22.5 Å². The van der Waals surface area contributed by atoms with E-state index in [1.165, 1.54) is 0 Å². The van der Waals surface area contributed by atoms with Crippen molar-refractivity contribution >= 4 is 12.1 Å². The Labute approximate surface area is 164 Å². The molecule has 1 unspecified atom stereocenters. The molecule has 0 bridgehead atoms. The zero-order valence-electron chi connectivity index (χ0n) is 18.0. The first-order chi connectivity index (χ1) is 12.8. The van der Waals surface area contributed by atoms with Crippen molar-refractivity contribution in [2.45, 2.75) is 53.2 Å². The number of likely N-dealkylation sites (N-methyl/N-ethyl adjacent to an activating group) is 1. The third-order valence-corrected chi connectivity index (χ3v) is 4.23. The molecule has 1 amide bonds. The number of carbonyl (C=O) groups excluding carboxylic acids is 1. The van der Waals surface area contributed by atoms with Crippen molar-refractivity contribution in [3.63, 3.8) is 0 Å². The van der Waals surface area contributed by atoms with Crippen LogP contribution in [0.3, 0.4) is 0 Å². The Balaban J connectivity index is 2.47. The van der Waals surface area contributed by atoms with Gasteiger partial charge in [-0.3, -0.25) is 9.89 Å². The largest absolute Gasteiger partial charge is 0.444 e. The summed E-state index contributed by atoms with van der Waals surface area (Å²) >= 11 is 0. The number of rotatable bonds is 8. The van der Waals surface area contributed by atoms with E-state index in [0.717, 1.165) is 45.4 Å². The summed E-state index contributed by atoms with van der Waals surface area (Å²) in [6, 6.07) is 0.373. The van der Waals surface area contributed by atoms with Crippen LogP contribution in [0.2, 0.25) is 0 Å². The highest BCUT2D eigenvalue weighted by Crippen LogP contribution is 2.09. The number of carbonyl (C=O) groups is 1. The molecule has 2 N–H and O–H groups in total. The van der Waals surface area contributed by atoms with Gasteiger partial charge < -0.3 is 25.0 Å². The maximum Gasteiger partial charge on any atom is 0.410 e. The molecule has 1 saturated heterocycles. The molecule has 8 nitrogen and oxygen atoms in total. The minimum Gasteiger partial charge on any atom is -0.444 e. The van der Waals surface area contributed by atoms with Crippen LogP contribution in [0.1, 0.15) is 41.5 Å². The monoisotopic (exact) mass is 385 g/mol. The molecule has 0 saturated carbocycles. The fourth-order valence-corrected chi connectivity index (χ4v) is 2.71. The fraction of sp³-hybridized carbons (Fsp3) is 0.895. The zero-order valence-corrected chi connectivity index (χ0v) is 18.0. The van der Waals surface area contributed by atoms with Crippen molar-refractivity contribution in [2.75, 3.05) is 59.0 Å². The molecule has 0 aromatic carbocycles. The predicted octanol–water partition coefficient (Wildman–Crippen LogP) is 1.52. The van der Waals surface area contributed by atoms with Gasteiger partial charge in [0.15, 0.2) is 5.96 Å². The van der Waals surface area contributed by atoms with Gasteiger partial charge in [0.05, 0.1) is 19.8 Å². The first-order valence-corrected chi connectivity index (χ1v) is 10.1. The van der Waals surface area contributed by atoms with Crippen LogP contribution in [-0.4, -0.2) is 92.5 Å². The molecule has 27 heavy (non-hydrogen) atoms. The van der Waals surface area contributed by atoms with E-state index < -0.39 is 5.60 Å². The molecular formula is C19H39N5O3. The van der Waals surface area contributed by atoms with E-state index in [0.29, 0.717) is 25.7 Å². The molecule has 1 rings (SSSR count). The first-order valence-electron chi connectivity index (χ1n) is 10.1. The SMILES string of the molecule is CCNC(=NCC(C)N1CCOCC1)NCCN(CC)C(=O)OC(C)(C)C. The van der Waals surface area contributed by atoms with Gasteiger partial charge in [0.2, 0.25) is 0 Å². The summed E-state index contributed by atoms with van der Waals surface area (Å²) < 4.78 is 10.8. The molecule has 1 aliphatic heterocycles. The van der Waals surface area contributed by atoms with Gasteiger partial charge in [-0.25, -0.2) is 4.79 Å². The van der Waals surface area contributed by atoms with E-state index >= 15 is 0 Å². The second-order valence-corrected chi connectivity index (χ2v) is 7.70. The summed E-state index contributed by atoms with van der Waals surface area (Å²) in [5, 5.41) is 6.57. The van der Waals surface area contributed by atoms with Gasteiger partial charge in [0.1, 0.15) is 5.60 Å². The van der Waals surface area contributed by atoms with Gasteiger partial charge in [-0.2, -0.15) is 0 Å². The van der Waals surface area contributed by atoms with Crippen LogP contribution >= 0.6 is 0 Å². The number of hydrogen-bond donors (Lipinski definition) is 2. The lowest BCUT2D eigenvalue weighted by Crippen LogP contribution is -2.46. The fourth-order valence-electron chi connectivity index (χ4n) is 2.71. The Bertz CT molecular complexity index is 459. The van der Waals surface area contributed by atoms with Crippen LogP contribution < -0.4 is 10.6 Å². The topological polar surface area (TPSA) is 78.4 Å². The summed E-state index contributed by atoms with van der Waals surface area (Å²) in [4.78, 5) is 21.0. The van der Waals surface area contributed by atoms with Crippen molar-refractivity contribution in [3.8, 4) is 0 Å². The second kappa shape index (κ2) is 12.0. The number of hydrogen-bond acceptors (Lipinski definition) is 5. The lowest BCUT2D eigenvalue weighted by molar-refractivity contribution is 0.0220. The standard InChI is InChI=1S/C19H39N5O3/c1-7-20-17(22-15-16(3)24-11-13-26-14-12-24)21-9-10-23(8-2)18(25)27-19(4,5)6/h16H,7-15H2,1-6H3,(H2,20,21,22). The average molecular weight is 386 g/mol. The molecule has 1 aliphatic rings. The van der Waals surface area contributed by atoms with E-state index in [9.17, 15) is 4.79 Å². The summed E-state index contributed by atoms with van der Waals surface area (Å²) in [5.74, 6) is 0.776. The van der Waals surface area contributed by atoms with Crippen molar-refractivity contribution < 1.29 is 14.3 Å². The van der Waals surface area contributed by atoms with E-state index in [-0.39, 0.29) is 6.09 Å². The maximum atomic E-state index is 12.2. The molecule has 0 aliphatic carbocycles. The van der Waals surface area contributed by atoms with Crippen LogP contribution in [0.4, 0.5) is 4.79 Å². The van der Waals surface area contributed by atoms with Gasteiger partial charge in [0, 0.05) is 45.3 Å². The summed E-state index contributed by atoms with van der Waals surface area (Å²) in [6.07, 6.45) is -0.283. The molecule has 1 atom stereocenters. The summed E-state index contributed by atoms with van der Waals surface area (Å²) in [7, 11) is 0. The number of guanidine groups is 1. The third kappa shape index (κ3) is 9.81. The second-order valence-electron chi connectivity index (χ2n) is 7.70. The van der Waals surface area contributed by atoms with E-state index in [1.807, 2.05) is 34.6 Å². The van der Waals surface area contributed by atoms with Crippen molar-refractivity contribution in [3.05, 3.63) is 0 Å². The number of aliphatic imine (C=N–C) groups is 1. The third-order valence-electron chi connectivity index (χ3n) is 4.23. The smallest absolute Gasteiger partial charge is 0.410 e. The number of ether oxygens (including phenoxy) is 2. The minimum absolute atomic E-state index is 0.283. The number of morpholine rings is 1. The van der Waals surface area contributed by atoms with Crippen molar-refractivity contribution in [1.82, 2.24) is 20.4 Å². The highest BCUT2D eigenvalue weighted by atomic mass is 16.6. The van der Waals surface area contributed by atoms with Gasteiger partial charge >= 0.3 is 6.09 Å². The molecule has 0 aromatic rings. The first kappa shape index (κ1) is 23.5. The average Bonchev–Trinajstić information content (AvgIpc) is 2.62. The van der Waals surface area contributed by atoms with E-state index in [4.69, 9.17) is 14.5 Å². The van der Waals surface area contributed by atoms with Crippen LogP contribution in [0.15, 0.2) is 4.99 Å². The Kier molecular flexibility index (Phi) is 10.5. The molecule has 0 aromatic heterocycles. The Hall–Kier alpha value is -1.54. The van der Waals surface area contributed by atoms with Crippen LogP contribution in [0.5, 0.6) is 0 Å². The quantitative estimate of drug-likeness (QED) is 0.487. The Morgan fingerprint density at radius 1 is 1.26 bits per heavy atom. The molecule has 0 radical (unpaired) electrons. The van der Waals surface area contributed by atoms with Crippen LogP contribution in [-0.2, 0) is 9.47 Å². The molecule has 1 fully saturated rings. The van der Waals surface area contributed by atoms with Crippen LogP contribution in [0, 0.1) is 0 Å². The summed E-state index contributed by atoms with van der Waals surface area (Å²) in [5.41, 5.74) is -0.482. The number of nitrogens with zero attached hydrogens (tertiary/aromatic N) is 3. The zero-order chi connectivity index (χ0) is 20.3.